The number of nitrogens with one attached hydrogen (secondary N) is 1. The SMILES string of the molecule is CC(C)c1ccc(OCC(=O)NCc2cc(-c3ccc(F)cc3)on2)cc1. The van der Waals surface area contributed by atoms with Crippen molar-refractivity contribution < 1.29 is 18.4 Å². The Balaban J connectivity index is 1.47. The second-order valence-electron chi connectivity index (χ2n) is 6.48. The fraction of sp³-hybridized carbons (Fsp3) is 0.238. The lowest BCUT2D eigenvalue weighted by molar-refractivity contribution is -0.123. The molecule has 0 bridgehead atoms. The number of benzene rings is 2. The maximum atomic E-state index is 13.0. The molecule has 0 aliphatic rings. The number of nitrogens with zero attached hydrogens (tertiary/aromatic N) is 1. The quantitative estimate of drug-likeness (QED) is 0.675. The van der Waals surface area contributed by atoms with Crippen LogP contribution in [0.4, 0.5) is 4.39 Å². The van der Waals surface area contributed by atoms with Gasteiger partial charge in [0.2, 0.25) is 0 Å². The topological polar surface area (TPSA) is 64.4 Å². The van der Waals surface area contributed by atoms with Gasteiger partial charge in [0.05, 0.1) is 6.54 Å². The van der Waals surface area contributed by atoms with E-state index in [1.807, 2.05) is 24.3 Å². The van der Waals surface area contributed by atoms with Crippen molar-refractivity contribution in [3.8, 4) is 17.1 Å². The van der Waals surface area contributed by atoms with Gasteiger partial charge in [0.25, 0.3) is 5.91 Å². The summed E-state index contributed by atoms with van der Waals surface area (Å²) < 4.78 is 23.7. The Bertz CT molecular complexity index is 887. The Labute approximate surface area is 157 Å². The van der Waals surface area contributed by atoms with Crippen molar-refractivity contribution in [2.75, 3.05) is 6.61 Å². The molecule has 0 atom stereocenters. The van der Waals surface area contributed by atoms with Crippen molar-refractivity contribution >= 4 is 5.91 Å². The number of carbonyl (C=O) groups excluding carboxylic acids is 1. The highest BCUT2D eigenvalue weighted by Gasteiger charge is 2.09. The average molecular weight is 368 g/mol. The summed E-state index contributed by atoms with van der Waals surface area (Å²) in [7, 11) is 0. The molecule has 140 valence electrons. The minimum absolute atomic E-state index is 0.0797. The van der Waals surface area contributed by atoms with Gasteiger partial charge >= 0.3 is 0 Å². The molecule has 3 rings (SSSR count). The molecule has 0 aliphatic carbocycles. The Morgan fingerprint density at radius 2 is 1.85 bits per heavy atom. The largest absolute Gasteiger partial charge is 0.484 e. The van der Waals surface area contributed by atoms with E-state index in [2.05, 4.69) is 24.3 Å². The first kappa shape index (κ1) is 18.6. The summed E-state index contributed by atoms with van der Waals surface area (Å²) in [4.78, 5) is 11.9. The van der Waals surface area contributed by atoms with E-state index in [0.29, 0.717) is 23.1 Å². The predicted molar refractivity (Wildman–Crippen MR) is 99.8 cm³/mol. The number of amides is 1. The summed E-state index contributed by atoms with van der Waals surface area (Å²) in [6.07, 6.45) is 0. The molecular weight excluding hydrogens is 347 g/mol. The summed E-state index contributed by atoms with van der Waals surface area (Å²) >= 11 is 0. The molecule has 0 saturated heterocycles. The van der Waals surface area contributed by atoms with Crippen molar-refractivity contribution in [3.05, 3.63) is 71.7 Å². The van der Waals surface area contributed by atoms with E-state index in [0.717, 1.165) is 5.56 Å². The van der Waals surface area contributed by atoms with E-state index in [-0.39, 0.29) is 24.9 Å². The predicted octanol–water partition coefficient (Wildman–Crippen LogP) is 4.30. The maximum Gasteiger partial charge on any atom is 0.258 e. The van der Waals surface area contributed by atoms with Gasteiger partial charge < -0.3 is 14.6 Å². The summed E-state index contributed by atoms with van der Waals surface area (Å²) in [5, 5.41) is 6.63. The number of aromatic nitrogens is 1. The van der Waals surface area contributed by atoms with Gasteiger partial charge in [0.15, 0.2) is 12.4 Å². The van der Waals surface area contributed by atoms with Crippen LogP contribution < -0.4 is 10.1 Å². The van der Waals surface area contributed by atoms with Gasteiger partial charge in [0.1, 0.15) is 17.3 Å². The van der Waals surface area contributed by atoms with Crippen molar-refractivity contribution in [2.45, 2.75) is 26.3 Å². The zero-order chi connectivity index (χ0) is 19.2. The molecule has 0 saturated carbocycles. The molecule has 0 spiro atoms. The molecule has 1 heterocycles. The van der Waals surface area contributed by atoms with Gasteiger partial charge in [-0.05, 0) is 47.9 Å². The van der Waals surface area contributed by atoms with E-state index < -0.39 is 0 Å². The molecule has 1 N–H and O–H groups in total. The van der Waals surface area contributed by atoms with Crippen molar-refractivity contribution in [2.24, 2.45) is 0 Å². The van der Waals surface area contributed by atoms with Crippen LogP contribution in [0.25, 0.3) is 11.3 Å². The van der Waals surface area contributed by atoms with Gasteiger partial charge in [-0.15, -0.1) is 0 Å². The van der Waals surface area contributed by atoms with Crippen molar-refractivity contribution in [3.63, 3.8) is 0 Å². The molecule has 3 aromatic rings. The molecule has 0 aliphatic heterocycles. The Kier molecular flexibility index (Phi) is 5.86. The second kappa shape index (κ2) is 8.49. The fourth-order valence-electron chi connectivity index (χ4n) is 2.48. The Hall–Kier alpha value is -3.15. The van der Waals surface area contributed by atoms with E-state index in [1.165, 1.54) is 17.7 Å². The molecule has 6 heteroatoms. The van der Waals surface area contributed by atoms with Crippen LogP contribution in [0.1, 0.15) is 31.0 Å². The van der Waals surface area contributed by atoms with Crippen LogP contribution in [-0.2, 0) is 11.3 Å². The molecule has 27 heavy (non-hydrogen) atoms. The van der Waals surface area contributed by atoms with Crippen LogP contribution in [0.5, 0.6) is 5.75 Å². The molecule has 0 radical (unpaired) electrons. The second-order valence-corrected chi connectivity index (χ2v) is 6.48. The summed E-state index contributed by atoms with van der Waals surface area (Å²) in [6, 6.07) is 15.3. The van der Waals surface area contributed by atoms with Gasteiger partial charge in [-0.2, -0.15) is 0 Å². The Morgan fingerprint density at radius 3 is 2.52 bits per heavy atom. The highest BCUT2D eigenvalue weighted by atomic mass is 19.1. The molecular formula is C21H21FN2O3. The van der Waals surface area contributed by atoms with Gasteiger partial charge in [-0.25, -0.2) is 4.39 Å². The number of hydrogen-bond acceptors (Lipinski definition) is 4. The standard InChI is InChI=1S/C21H21FN2O3/c1-14(2)15-5-9-19(10-6-15)26-13-21(25)23-12-18-11-20(27-24-18)16-3-7-17(22)8-4-16/h3-11,14H,12-13H2,1-2H3,(H,23,25). The lowest BCUT2D eigenvalue weighted by atomic mass is 10.0. The normalized spacial score (nSPS) is 10.8. The molecule has 5 nitrogen and oxygen atoms in total. The minimum atomic E-state index is -0.315. The smallest absolute Gasteiger partial charge is 0.258 e. The van der Waals surface area contributed by atoms with E-state index in [4.69, 9.17) is 9.26 Å². The number of ether oxygens (including phenoxy) is 1. The number of halogens is 1. The number of rotatable bonds is 7. The van der Waals surface area contributed by atoms with Crippen LogP contribution in [0.15, 0.2) is 59.1 Å². The molecule has 0 unspecified atom stereocenters. The summed E-state index contributed by atoms with van der Waals surface area (Å²) in [6.45, 7) is 4.38. The fourth-order valence-corrected chi connectivity index (χ4v) is 2.48. The van der Waals surface area contributed by atoms with E-state index >= 15 is 0 Å². The van der Waals surface area contributed by atoms with Crippen molar-refractivity contribution in [1.82, 2.24) is 10.5 Å². The molecule has 1 aromatic heterocycles. The Morgan fingerprint density at radius 1 is 1.15 bits per heavy atom. The first-order valence-electron chi connectivity index (χ1n) is 8.72. The zero-order valence-electron chi connectivity index (χ0n) is 15.2. The third-order valence-corrected chi connectivity index (χ3v) is 4.07. The van der Waals surface area contributed by atoms with Crippen molar-refractivity contribution in [1.29, 1.82) is 0 Å². The number of hydrogen-bond donors (Lipinski definition) is 1. The zero-order valence-corrected chi connectivity index (χ0v) is 15.2. The lowest BCUT2D eigenvalue weighted by Crippen LogP contribution is -2.28. The molecule has 1 amide bonds. The maximum absolute atomic E-state index is 13.0. The summed E-state index contributed by atoms with van der Waals surface area (Å²) in [5.74, 6) is 1.04. The van der Waals surface area contributed by atoms with Crippen LogP contribution in [-0.4, -0.2) is 17.7 Å². The van der Waals surface area contributed by atoms with Crippen LogP contribution >= 0.6 is 0 Å². The summed E-state index contributed by atoms with van der Waals surface area (Å²) in [5.41, 5.74) is 2.51. The highest BCUT2D eigenvalue weighted by molar-refractivity contribution is 5.77. The van der Waals surface area contributed by atoms with Crippen LogP contribution in [0, 0.1) is 5.82 Å². The van der Waals surface area contributed by atoms with E-state index in [9.17, 15) is 9.18 Å². The first-order valence-corrected chi connectivity index (χ1v) is 8.72. The van der Waals surface area contributed by atoms with Gasteiger partial charge in [-0.3, -0.25) is 4.79 Å². The number of carbonyl (C=O) groups is 1. The van der Waals surface area contributed by atoms with Crippen LogP contribution in [0.2, 0.25) is 0 Å². The molecule has 0 fully saturated rings. The molecule has 2 aromatic carbocycles. The van der Waals surface area contributed by atoms with E-state index in [1.54, 1.807) is 18.2 Å². The average Bonchev–Trinajstić information content (AvgIpc) is 3.14. The lowest BCUT2D eigenvalue weighted by Gasteiger charge is -2.09. The minimum Gasteiger partial charge on any atom is -0.484 e. The monoisotopic (exact) mass is 368 g/mol. The first-order chi connectivity index (χ1) is 13.0. The van der Waals surface area contributed by atoms with Gasteiger partial charge in [0, 0.05) is 11.6 Å². The third-order valence-electron chi connectivity index (χ3n) is 4.07. The van der Waals surface area contributed by atoms with Gasteiger partial charge in [-0.1, -0.05) is 31.1 Å². The van der Waals surface area contributed by atoms with Crippen LogP contribution in [0.3, 0.4) is 0 Å². The highest BCUT2D eigenvalue weighted by Crippen LogP contribution is 2.21. The third kappa shape index (κ3) is 5.17.